The first-order chi connectivity index (χ1) is 9.44. The van der Waals surface area contributed by atoms with Crippen molar-refractivity contribution >= 4 is 27.5 Å². The van der Waals surface area contributed by atoms with E-state index in [-0.39, 0.29) is 17.3 Å². The number of hydrogen-bond donors (Lipinski definition) is 3. The molecule has 0 bridgehead atoms. The van der Waals surface area contributed by atoms with Crippen LogP contribution in [0.3, 0.4) is 0 Å². The second kappa shape index (κ2) is 6.09. The smallest absolute Gasteiger partial charge is 0.241 e. The number of benzene rings is 1. The van der Waals surface area contributed by atoms with Crippen LogP contribution in [-0.2, 0) is 21.4 Å². The number of nitrogens with one attached hydrogen (secondary N) is 2. The first kappa shape index (κ1) is 15.2. The van der Waals surface area contributed by atoms with Crippen LogP contribution in [0.25, 0.3) is 0 Å². The van der Waals surface area contributed by atoms with Crippen LogP contribution in [0.1, 0.15) is 18.4 Å². The van der Waals surface area contributed by atoms with Gasteiger partial charge in [0.1, 0.15) is 6.04 Å². The van der Waals surface area contributed by atoms with Gasteiger partial charge in [-0.2, -0.15) is 4.72 Å². The molecule has 0 radical (unpaired) electrons. The maximum absolute atomic E-state index is 12.2. The summed E-state index contributed by atoms with van der Waals surface area (Å²) in [6.45, 7) is 0.811. The van der Waals surface area contributed by atoms with Crippen molar-refractivity contribution in [3.05, 3.63) is 28.8 Å². The zero-order chi connectivity index (χ0) is 14.8. The predicted octanol–water partition coefficient (Wildman–Crippen LogP) is 0.356. The number of amides is 1. The summed E-state index contributed by atoms with van der Waals surface area (Å²) < 4.78 is 26.8. The van der Waals surface area contributed by atoms with Crippen molar-refractivity contribution in [3.63, 3.8) is 0 Å². The highest BCUT2D eigenvalue weighted by molar-refractivity contribution is 7.89. The Kier molecular flexibility index (Phi) is 4.64. The van der Waals surface area contributed by atoms with Crippen molar-refractivity contribution in [2.45, 2.75) is 30.3 Å². The van der Waals surface area contributed by atoms with E-state index in [4.69, 9.17) is 17.3 Å². The molecule has 6 nitrogen and oxygen atoms in total. The maximum Gasteiger partial charge on any atom is 0.241 e. The fourth-order valence-corrected chi connectivity index (χ4v) is 3.58. The molecule has 0 saturated carbocycles. The van der Waals surface area contributed by atoms with Crippen molar-refractivity contribution in [1.29, 1.82) is 0 Å². The Morgan fingerprint density at radius 1 is 1.45 bits per heavy atom. The molecule has 1 atom stereocenters. The van der Waals surface area contributed by atoms with E-state index in [0.717, 1.165) is 6.42 Å². The highest BCUT2D eigenvalue weighted by atomic mass is 35.5. The summed E-state index contributed by atoms with van der Waals surface area (Å²) in [6.07, 6.45) is 1.23. The van der Waals surface area contributed by atoms with Crippen LogP contribution in [-0.4, -0.2) is 26.9 Å². The summed E-state index contributed by atoms with van der Waals surface area (Å²) in [7, 11) is -3.78. The van der Waals surface area contributed by atoms with Gasteiger partial charge in [0.05, 0.1) is 4.90 Å². The molecule has 1 amide bonds. The van der Waals surface area contributed by atoms with E-state index in [1.54, 1.807) is 6.07 Å². The van der Waals surface area contributed by atoms with Gasteiger partial charge >= 0.3 is 0 Å². The molecule has 1 unspecified atom stereocenters. The third-order valence-electron chi connectivity index (χ3n) is 3.14. The Labute approximate surface area is 122 Å². The number of halogens is 1. The van der Waals surface area contributed by atoms with Crippen LogP contribution in [0.2, 0.25) is 5.02 Å². The summed E-state index contributed by atoms with van der Waals surface area (Å²) in [4.78, 5) is 11.6. The summed E-state index contributed by atoms with van der Waals surface area (Å²) in [6, 6.07) is 3.60. The lowest BCUT2D eigenvalue weighted by Crippen LogP contribution is -2.50. The van der Waals surface area contributed by atoms with Crippen molar-refractivity contribution in [2.75, 3.05) is 6.54 Å². The number of hydrogen-bond acceptors (Lipinski definition) is 4. The molecule has 0 aliphatic carbocycles. The monoisotopic (exact) mass is 317 g/mol. The Balaban J connectivity index is 2.21. The normalized spacial score (nSPS) is 19.7. The lowest BCUT2D eigenvalue weighted by Gasteiger charge is -2.22. The highest BCUT2D eigenvalue weighted by Gasteiger charge is 2.27. The van der Waals surface area contributed by atoms with Gasteiger partial charge in [-0.3, -0.25) is 4.79 Å². The zero-order valence-electron chi connectivity index (χ0n) is 10.7. The van der Waals surface area contributed by atoms with Gasteiger partial charge in [0.25, 0.3) is 0 Å². The highest BCUT2D eigenvalue weighted by Crippen LogP contribution is 2.21. The Morgan fingerprint density at radius 2 is 2.20 bits per heavy atom. The van der Waals surface area contributed by atoms with Crippen LogP contribution in [0.5, 0.6) is 0 Å². The van der Waals surface area contributed by atoms with Gasteiger partial charge in [0, 0.05) is 18.1 Å². The van der Waals surface area contributed by atoms with E-state index in [1.807, 2.05) is 0 Å². The number of carbonyl (C=O) groups excluding carboxylic acids is 1. The maximum atomic E-state index is 12.2. The molecule has 20 heavy (non-hydrogen) atoms. The topological polar surface area (TPSA) is 101 Å². The minimum atomic E-state index is -3.78. The molecular weight excluding hydrogens is 302 g/mol. The second-order valence-corrected chi connectivity index (χ2v) is 6.69. The zero-order valence-corrected chi connectivity index (χ0v) is 12.3. The number of sulfonamides is 1. The van der Waals surface area contributed by atoms with Gasteiger partial charge in [-0.15, -0.1) is 0 Å². The van der Waals surface area contributed by atoms with Gasteiger partial charge < -0.3 is 11.1 Å². The van der Waals surface area contributed by atoms with Crippen molar-refractivity contribution in [2.24, 2.45) is 5.73 Å². The Morgan fingerprint density at radius 3 is 2.80 bits per heavy atom. The van der Waals surface area contributed by atoms with Crippen LogP contribution in [0.15, 0.2) is 23.1 Å². The SMILES string of the molecule is NCc1ccc(S(=O)(=O)NC2CCCNC2=O)cc1Cl. The third-order valence-corrected chi connectivity index (χ3v) is 4.96. The summed E-state index contributed by atoms with van der Waals surface area (Å²) >= 11 is 5.96. The number of nitrogens with two attached hydrogens (primary N) is 1. The van der Waals surface area contributed by atoms with E-state index in [1.165, 1.54) is 12.1 Å². The van der Waals surface area contributed by atoms with Crippen LogP contribution >= 0.6 is 11.6 Å². The minimum Gasteiger partial charge on any atom is -0.355 e. The lowest BCUT2D eigenvalue weighted by atomic mass is 10.1. The van der Waals surface area contributed by atoms with Gasteiger partial charge in [-0.25, -0.2) is 8.42 Å². The van der Waals surface area contributed by atoms with E-state index < -0.39 is 16.1 Å². The molecule has 110 valence electrons. The summed E-state index contributed by atoms with van der Waals surface area (Å²) in [5, 5.41) is 2.92. The largest absolute Gasteiger partial charge is 0.355 e. The second-order valence-electron chi connectivity index (χ2n) is 4.56. The first-order valence-electron chi connectivity index (χ1n) is 6.22. The lowest BCUT2D eigenvalue weighted by molar-refractivity contribution is -0.124. The number of piperidine rings is 1. The molecule has 0 spiro atoms. The Hall–Kier alpha value is -1.15. The van der Waals surface area contributed by atoms with Crippen molar-refractivity contribution in [1.82, 2.24) is 10.0 Å². The van der Waals surface area contributed by atoms with Crippen LogP contribution in [0, 0.1) is 0 Å². The fourth-order valence-electron chi connectivity index (χ4n) is 2.00. The predicted molar refractivity (Wildman–Crippen MR) is 75.7 cm³/mol. The van der Waals surface area contributed by atoms with Crippen LogP contribution in [0.4, 0.5) is 0 Å². The third kappa shape index (κ3) is 3.29. The summed E-state index contributed by atoms with van der Waals surface area (Å²) in [5.74, 6) is -0.301. The van der Waals surface area contributed by atoms with Crippen LogP contribution < -0.4 is 15.8 Å². The van der Waals surface area contributed by atoms with E-state index in [0.29, 0.717) is 23.6 Å². The molecule has 1 aliphatic rings. The molecule has 8 heteroatoms. The van der Waals surface area contributed by atoms with E-state index in [9.17, 15) is 13.2 Å². The van der Waals surface area contributed by atoms with E-state index in [2.05, 4.69) is 10.0 Å². The fraction of sp³-hybridized carbons (Fsp3) is 0.417. The molecule has 1 heterocycles. The molecule has 4 N–H and O–H groups in total. The molecule has 1 aromatic rings. The van der Waals surface area contributed by atoms with Gasteiger partial charge in [0.2, 0.25) is 15.9 Å². The molecule has 0 aromatic heterocycles. The minimum absolute atomic E-state index is 0.0260. The van der Waals surface area contributed by atoms with Crippen molar-refractivity contribution < 1.29 is 13.2 Å². The molecule has 1 aliphatic heterocycles. The molecule has 1 saturated heterocycles. The Bertz CT molecular complexity index is 618. The molecule has 2 rings (SSSR count). The summed E-state index contributed by atoms with van der Waals surface area (Å²) in [5.41, 5.74) is 6.14. The molecule has 1 fully saturated rings. The van der Waals surface area contributed by atoms with Gasteiger partial charge in [-0.05, 0) is 30.5 Å². The standard InChI is InChI=1S/C12H16ClN3O3S/c13-10-6-9(4-3-8(10)7-14)20(18,19)16-11-2-1-5-15-12(11)17/h3-4,6,11,16H,1-2,5,7,14H2,(H,15,17). The quantitative estimate of drug-likeness (QED) is 0.746. The number of carbonyl (C=O) groups is 1. The van der Waals surface area contributed by atoms with Gasteiger partial charge in [-0.1, -0.05) is 17.7 Å². The first-order valence-corrected chi connectivity index (χ1v) is 8.08. The van der Waals surface area contributed by atoms with Gasteiger partial charge in [0.15, 0.2) is 0 Å². The average Bonchev–Trinajstić information content (AvgIpc) is 2.41. The molecular formula is C12H16ClN3O3S. The average molecular weight is 318 g/mol. The van der Waals surface area contributed by atoms with Crippen molar-refractivity contribution in [3.8, 4) is 0 Å². The number of rotatable bonds is 4. The van der Waals surface area contributed by atoms with E-state index >= 15 is 0 Å². The molecule has 1 aromatic carbocycles.